The van der Waals surface area contributed by atoms with E-state index in [1.807, 2.05) is 0 Å². The minimum Gasteiger partial charge on any atom is -0.368 e. The Bertz CT molecular complexity index is 288. The number of rotatable bonds is 4. The fourth-order valence-electron chi connectivity index (χ4n) is 3.22. The average molecular weight is 284 g/mol. The molecule has 1 fully saturated rings. The van der Waals surface area contributed by atoms with Gasteiger partial charge in [0.25, 0.3) is 0 Å². The van der Waals surface area contributed by atoms with Crippen molar-refractivity contribution in [3.05, 3.63) is 0 Å². The van der Waals surface area contributed by atoms with E-state index in [0.29, 0.717) is 0 Å². The third kappa shape index (κ3) is 6.13. The summed E-state index contributed by atoms with van der Waals surface area (Å²) in [4.78, 5) is 0. The van der Waals surface area contributed by atoms with E-state index in [0.717, 1.165) is 18.4 Å². The van der Waals surface area contributed by atoms with Gasteiger partial charge in [-0.25, -0.2) is 0 Å². The Morgan fingerprint density at radius 1 is 1.05 bits per heavy atom. The fourth-order valence-corrected chi connectivity index (χ4v) is 3.22. The van der Waals surface area contributed by atoms with Crippen molar-refractivity contribution in [1.82, 2.24) is 5.32 Å². The Balaban J connectivity index is 2.72. The molecule has 0 aromatic heterocycles. The predicted molar refractivity (Wildman–Crippen MR) is 88.1 cm³/mol. The first-order valence-electron chi connectivity index (χ1n) is 8.38. The molecule has 0 aliphatic heterocycles. The molecular formula is C18H37NO. The molecule has 2 heteroatoms. The SMILES string of the molecule is CC(C)C1CCC(CNC(C)(C)C)(OC(C)(C)C)CC1. The van der Waals surface area contributed by atoms with E-state index in [4.69, 9.17) is 4.74 Å². The summed E-state index contributed by atoms with van der Waals surface area (Å²) in [5.74, 6) is 1.68. The van der Waals surface area contributed by atoms with Gasteiger partial charge in [0, 0.05) is 12.1 Å². The smallest absolute Gasteiger partial charge is 0.0813 e. The van der Waals surface area contributed by atoms with Crippen LogP contribution in [0.1, 0.15) is 81.1 Å². The zero-order valence-electron chi connectivity index (χ0n) is 15.1. The molecule has 1 saturated carbocycles. The van der Waals surface area contributed by atoms with Crippen molar-refractivity contribution in [2.45, 2.75) is 97.8 Å². The summed E-state index contributed by atoms with van der Waals surface area (Å²) < 4.78 is 6.53. The van der Waals surface area contributed by atoms with E-state index < -0.39 is 0 Å². The molecule has 2 nitrogen and oxygen atoms in total. The van der Waals surface area contributed by atoms with Crippen LogP contribution in [0, 0.1) is 11.8 Å². The highest BCUT2D eigenvalue weighted by Crippen LogP contribution is 2.40. The van der Waals surface area contributed by atoms with Crippen LogP contribution in [0.3, 0.4) is 0 Å². The van der Waals surface area contributed by atoms with Crippen LogP contribution in [-0.2, 0) is 4.74 Å². The van der Waals surface area contributed by atoms with Gasteiger partial charge in [0.2, 0.25) is 0 Å². The molecule has 0 aromatic rings. The van der Waals surface area contributed by atoms with Crippen molar-refractivity contribution >= 4 is 0 Å². The van der Waals surface area contributed by atoms with Gasteiger partial charge in [-0.2, -0.15) is 0 Å². The zero-order chi connectivity index (χ0) is 15.6. The quantitative estimate of drug-likeness (QED) is 0.802. The van der Waals surface area contributed by atoms with Crippen molar-refractivity contribution in [3.8, 4) is 0 Å². The number of ether oxygens (including phenoxy) is 1. The van der Waals surface area contributed by atoms with Crippen LogP contribution in [0.4, 0.5) is 0 Å². The van der Waals surface area contributed by atoms with Crippen LogP contribution in [0.25, 0.3) is 0 Å². The van der Waals surface area contributed by atoms with Crippen LogP contribution in [0.5, 0.6) is 0 Å². The highest BCUT2D eigenvalue weighted by Gasteiger charge is 2.40. The summed E-state index contributed by atoms with van der Waals surface area (Å²) in [5, 5.41) is 3.67. The largest absolute Gasteiger partial charge is 0.368 e. The van der Waals surface area contributed by atoms with Crippen molar-refractivity contribution in [1.29, 1.82) is 0 Å². The van der Waals surface area contributed by atoms with Gasteiger partial charge >= 0.3 is 0 Å². The number of nitrogens with one attached hydrogen (secondary N) is 1. The van der Waals surface area contributed by atoms with Crippen LogP contribution >= 0.6 is 0 Å². The summed E-state index contributed by atoms with van der Waals surface area (Å²) in [6.07, 6.45) is 4.99. The molecule has 0 atom stereocenters. The van der Waals surface area contributed by atoms with Gasteiger partial charge in [-0.3, -0.25) is 0 Å². The summed E-state index contributed by atoms with van der Waals surface area (Å²) in [6.45, 7) is 18.9. The second kappa shape index (κ2) is 6.36. The minimum atomic E-state index is -0.0652. The molecule has 0 spiro atoms. The lowest BCUT2D eigenvalue weighted by Crippen LogP contribution is -2.53. The molecule has 20 heavy (non-hydrogen) atoms. The van der Waals surface area contributed by atoms with Crippen LogP contribution < -0.4 is 5.32 Å². The third-order valence-corrected chi connectivity index (χ3v) is 4.35. The van der Waals surface area contributed by atoms with Crippen LogP contribution in [-0.4, -0.2) is 23.3 Å². The van der Waals surface area contributed by atoms with Gasteiger partial charge in [0.1, 0.15) is 0 Å². The standard InChI is InChI=1S/C18H37NO/c1-14(2)15-9-11-18(12-10-15,20-17(6,7)8)13-19-16(3,4)5/h14-15,19H,9-13H2,1-8H3. The molecule has 0 saturated heterocycles. The molecule has 0 aromatic carbocycles. The Kier molecular flexibility index (Phi) is 5.71. The van der Waals surface area contributed by atoms with Gasteiger partial charge in [-0.05, 0) is 79.1 Å². The molecule has 0 radical (unpaired) electrons. The maximum absolute atomic E-state index is 6.53. The average Bonchev–Trinajstić information content (AvgIpc) is 2.24. The lowest BCUT2D eigenvalue weighted by atomic mass is 9.74. The number of hydrogen-bond donors (Lipinski definition) is 1. The molecule has 120 valence electrons. The second-order valence-electron chi connectivity index (χ2n) is 9.08. The van der Waals surface area contributed by atoms with E-state index in [2.05, 4.69) is 60.7 Å². The van der Waals surface area contributed by atoms with Crippen LogP contribution in [0.2, 0.25) is 0 Å². The van der Waals surface area contributed by atoms with E-state index in [1.54, 1.807) is 0 Å². The minimum absolute atomic E-state index is 0.0247. The van der Waals surface area contributed by atoms with Gasteiger partial charge in [-0.1, -0.05) is 13.8 Å². The first kappa shape index (κ1) is 18.0. The van der Waals surface area contributed by atoms with Gasteiger partial charge in [0.05, 0.1) is 11.2 Å². The molecule has 1 N–H and O–H groups in total. The topological polar surface area (TPSA) is 21.3 Å². The Labute approximate surface area is 127 Å². The normalized spacial score (nSPS) is 28.9. The van der Waals surface area contributed by atoms with E-state index in [1.165, 1.54) is 25.7 Å². The van der Waals surface area contributed by atoms with Gasteiger partial charge in [0.15, 0.2) is 0 Å². The van der Waals surface area contributed by atoms with Gasteiger partial charge < -0.3 is 10.1 Å². The van der Waals surface area contributed by atoms with E-state index >= 15 is 0 Å². The first-order valence-corrected chi connectivity index (χ1v) is 8.38. The lowest BCUT2D eigenvalue weighted by molar-refractivity contribution is -0.154. The van der Waals surface area contributed by atoms with Crippen LogP contribution in [0.15, 0.2) is 0 Å². The Morgan fingerprint density at radius 3 is 1.90 bits per heavy atom. The van der Waals surface area contributed by atoms with Crippen molar-refractivity contribution in [2.24, 2.45) is 11.8 Å². The molecule has 1 rings (SSSR count). The second-order valence-corrected chi connectivity index (χ2v) is 9.08. The molecule has 0 unspecified atom stereocenters. The monoisotopic (exact) mass is 283 g/mol. The molecule has 0 amide bonds. The molecule has 1 aliphatic rings. The molecule has 0 bridgehead atoms. The summed E-state index contributed by atoms with van der Waals surface area (Å²) >= 11 is 0. The Morgan fingerprint density at radius 2 is 1.55 bits per heavy atom. The first-order chi connectivity index (χ1) is 8.93. The maximum atomic E-state index is 6.53. The number of hydrogen-bond acceptors (Lipinski definition) is 2. The van der Waals surface area contributed by atoms with Crippen molar-refractivity contribution in [2.75, 3.05) is 6.54 Å². The summed E-state index contributed by atoms with van der Waals surface area (Å²) in [6, 6.07) is 0. The highest BCUT2D eigenvalue weighted by atomic mass is 16.5. The lowest BCUT2D eigenvalue weighted by Gasteiger charge is -2.46. The molecule has 1 aliphatic carbocycles. The predicted octanol–water partition coefficient (Wildman–Crippen LogP) is 4.77. The Hall–Kier alpha value is -0.0800. The third-order valence-electron chi connectivity index (χ3n) is 4.35. The molecular weight excluding hydrogens is 246 g/mol. The summed E-state index contributed by atoms with van der Waals surface area (Å²) in [5.41, 5.74) is 0.115. The zero-order valence-corrected chi connectivity index (χ0v) is 15.1. The summed E-state index contributed by atoms with van der Waals surface area (Å²) in [7, 11) is 0. The van der Waals surface area contributed by atoms with E-state index in [9.17, 15) is 0 Å². The molecule has 0 heterocycles. The van der Waals surface area contributed by atoms with Crippen molar-refractivity contribution in [3.63, 3.8) is 0 Å². The highest BCUT2D eigenvalue weighted by molar-refractivity contribution is 4.93. The van der Waals surface area contributed by atoms with Gasteiger partial charge in [-0.15, -0.1) is 0 Å². The van der Waals surface area contributed by atoms with E-state index in [-0.39, 0.29) is 16.7 Å². The van der Waals surface area contributed by atoms with Crippen molar-refractivity contribution < 1.29 is 4.74 Å². The maximum Gasteiger partial charge on any atom is 0.0813 e. The fraction of sp³-hybridized carbons (Fsp3) is 1.00.